The van der Waals surface area contributed by atoms with Crippen LogP contribution < -0.4 is 9.80 Å². The Labute approximate surface area is 210 Å². The van der Waals surface area contributed by atoms with Gasteiger partial charge in [-0.3, -0.25) is 19.3 Å². The minimum atomic E-state index is -0.354. The van der Waals surface area contributed by atoms with E-state index in [9.17, 15) is 14.4 Å². The molecule has 0 saturated carbocycles. The van der Waals surface area contributed by atoms with Crippen molar-refractivity contribution in [2.45, 2.75) is 12.3 Å². The molecule has 0 aliphatic carbocycles. The van der Waals surface area contributed by atoms with Crippen LogP contribution in [0.15, 0.2) is 72.9 Å². The number of fused-ring (bicyclic) bond motifs is 2. The highest BCUT2D eigenvalue weighted by Gasteiger charge is 2.35. The number of carbonyl (C=O) groups is 3. The van der Waals surface area contributed by atoms with Crippen molar-refractivity contribution in [2.24, 2.45) is 0 Å². The highest BCUT2D eigenvalue weighted by molar-refractivity contribution is 6.11. The van der Waals surface area contributed by atoms with Crippen molar-refractivity contribution in [1.82, 2.24) is 9.88 Å². The average molecular weight is 485 g/mol. The topological polar surface area (TPSA) is 83.0 Å². The van der Waals surface area contributed by atoms with Crippen LogP contribution in [0.1, 0.15) is 33.8 Å². The van der Waals surface area contributed by atoms with Gasteiger partial charge < -0.3 is 14.5 Å². The van der Waals surface area contributed by atoms with E-state index in [1.807, 2.05) is 54.6 Å². The van der Waals surface area contributed by atoms with E-state index in [-0.39, 0.29) is 36.7 Å². The Bertz CT molecular complexity index is 1270. The number of hydrogen-bond donors (Lipinski definition) is 0. The van der Waals surface area contributed by atoms with Gasteiger partial charge in [-0.25, -0.2) is 4.98 Å². The molecule has 1 saturated heterocycles. The minimum absolute atomic E-state index is 0.0707. The maximum Gasteiger partial charge on any atom is 0.306 e. The van der Waals surface area contributed by atoms with Gasteiger partial charge in [-0.15, -0.1) is 0 Å². The molecule has 0 N–H and O–H groups in total. The lowest BCUT2D eigenvalue weighted by atomic mass is 9.86. The molecule has 0 radical (unpaired) electrons. The summed E-state index contributed by atoms with van der Waals surface area (Å²) in [7, 11) is 1.36. The number of ether oxygens (including phenoxy) is 1. The van der Waals surface area contributed by atoms with E-state index in [2.05, 4.69) is 9.88 Å². The molecular weight excluding hydrogens is 456 g/mol. The zero-order valence-electron chi connectivity index (χ0n) is 20.2. The molecule has 184 valence electrons. The average Bonchev–Trinajstić information content (AvgIpc) is 3.03. The Morgan fingerprint density at radius 1 is 0.917 bits per heavy atom. The first-order valence-electron chi connectivity index (χ1n) is 12.1. The molecule has 0 spiro atoms. The lowest BCUT2D eigenvalue weighted by Crippen LogP contribution is -2.52. The molecule has 2 aliphatic heterocycles. The number of carbonyl (C=O) groups excluding carboxylic acids is 3. The predicted molar refractivity (Wildman–Crippen MR) is 136 cm³/mol. The van der Waals surface area contributed by atoms with Gasteiger partial charge in [0.1, 0.15) is 12.4 Å². The number of aromatic nitrogens is 1. The highest BCUT2D eigenvalue weighted by atomic mass is 16.5. The van der Waals surface area contributed by atoms with Crippen molar-refractivity contribution in [3.63, 3.8) is 0 Å². The molecule has 5 rings (SSSR count). The number of hydrogen-bond acceptors (Lipinski definition) is 6. The summed E-state index contributed by atoms with van der Waals surface area (Å²) < 4.78 is 4.96. The molecule has 3 heterocycles. The zero-order valence-corrected chi connectivity index (χ0v) is 20.2. The second kappa shape index (κ2) is 10.2. The molecule has 8 heteroatoms. The third-order valence-electron chi connectivity index (χ3n) is 6.91. The Hall–Kier alpha value is -4.20. The minimum Gasteiger partial charge on any atom is -0.469 e. The fourth-order valence-corrected chi connectivity index (χ4v) is 5.03. The fraction of sp³-hybridized carbons (Fsp3) is 0.286. The molecule has 2 aliphatic rings. The molecule has 1 aromatic heterocycles. The molecular formula is C28H28N4O4. The maximum atomic E-state index is 13.8. The zero-order chi connectivity index (χ0) is 25.1. The van der Waals surface area contributed by atoms with E-state index in [1.54, 1.807) is 28.1 Å². The summed E-state index contributed by atoms with van der Waals surface area (Å²) in [6.07, 6.45) is 1.87. The normalized spacial score (nSPS) is 17.2. The largest absolute Gasteiger partial charge is 0.469 e. The number of nitrogens with zero attached hydrogens (tertiary/aromatic N) is 4. The fourth-order valence-electron chi connectivity index (χ4n) is 5.03. The number of benzene rings is 2. The Morgan fingerprint density at radius 3 is 2.33 bits per heavy atom. The summed E-state index contributed by atoms with van der Waals surface area (Å²) in [5.41, 5.74) is 2.73. The third-order valence-corrected chi connectivity index (χ3v) is 6.91. The van der Waals surface area contributed by atoms with Crippen molar-refractivity contribution >= 4 is 29.3 Å². The van der Waals surface area contributed by atoms with Gasteiger partial charge in [0, 0.05) is 49.5 Å². The van der Waals surface area contributed by atoms with Gasteiger partial charge in [-0.2, -0.15) is 0 Å². The molecule has 1 unspecified atom stereocenters. The number of amides is 2. The molecule has 1 fully saturated rings. The van der Waals surface area contributed by atoms with Gasteiger partial charge in [0.15, 0.2) is 0 Å². The van der Waals surface area contributed by atoms with E-state index < -0.39 is 0 Å². The van der Waals surface area contributed by atoms with Crippen molar-refractivity contribution in [2.75, 3.05) is 49.6 Å². The van der Waals surface area contributed by atoms with E-state index in [0.717, 1.165) is 16.9 Å². The number of rotatable bonds is 5. The summed E-state index contributed by atoms with van der Waals surface area (Å²) in [6.45, 7) is 2.40. The molecule has 0 bridgehead atoms. The lowest BCUT2D eigenvalue weighted by Gasteiger charge is -2.36. The van der Waals surface area contributed by atoms with Gasteiger partial charge in [0.05, 0.1) is 13.5 Å². The van der Waals surface area contributed by atoms with Crippen LogP contribution in [0.5, 0.6) is 0 Å². The number of para-hydroxylation sites is 1. The molecule has 3 aromatic rings. The summed E-state index contributed by atoms with van der Waals surface area (Å²) >= 11 is 0. The highest BCUT2D eigenvalue weighted by Crippen LogP contribution is 2.40. The van der Waals surface area contributed by atoms with E-state index >= 15 is 0 Å². The lowest BCUT2D eigenvalue weighted by molar-refractivity contribution is -0.140. The third kappa shape index (κ3) is 4.54. The van der Waals surface area contributed by atoms with Crippen LogP contribution in [0.2, 0.25) is 0 Å². The maximum absolute atomic E-state index is 13.8. The first-order chi connectivity index (χ1) is 17.6. The van der Waals surface area contributed by atoms with Crippen LogP contribution in [-0.2, 0) is 14.3 Å². The quantitative estimate of drug-likeness (QED) is 0.518. The summed E-state index contributed by atoms with van der Waals surface area (Å²) in [5, 5.41) is 0. The van der Waals surface area contributed by atoms with Crippen LogP contribution in [0.25, 0.3) is 0 Å². The standard InChI is InChI=1S/C28H28N4O4/c1-36-27(34)18-23-20-8-2-3-10-22(20)28(35)32(24-11-5-4-9-21(23)24)19-26(33)31-16-14-30(15-17-31)25-12-6-7-13-29-25/h2-13,23H,14-19H2,1H3. The molecule has 1 atom stereocenters. The van der Waals surface area contributed by atoms with Crippen LogP contribution in [0, 0.1) is 0 Å². The monoisotopic (exact) mass is 484 g/mol. The van der Waals surface area contributed by atoms with Gasteiger partial charge in [-0.05, 0) is 35.4 Å². The molecule has 36 heavy (non-hydrogen) atoms. The van der Waals surface area contributed by atoms with Crippen LogP contribution in [0.4, 0.5) is 11.5 Å². The first-order valence-corrected chi connectivity index (χ1v) is 12.1. The van der Waals surface area contributed by atoms with E-state index in [1.165, 1.54) is 7.11 Å². The Morgan fingerprint density at radius 2 is 1.61 bits per heavy atom. The predicted octanol–water partition coefficient (Wildman–Crippen LogP) is 3.09. The van der Waals surface area contributed by atoms with E-state index in [4.69, 9.17) is 4.74 Å². The molecule has 2 aromatic carbocycles. The number of methoxy groups -OCH3 is 1. The van der Waals surface area contributed by atoms with Gasteiger partial charge in [-0.1, -0.05) is 42.5 Å². The number of esters is 1. The molecule has 8 nitrogen and oxygen atoms in total. The Kier molecular flexibility index (Phi) is 6.66. The first kappa shape index (κ1) is 23.5. The second-order valence-corrected chi connectivity index (χ2v) is 8.93. The van der Waals surface area contributed by atoms with Crippen molar-refractivity contribution in [3.05, 3.63) is 89.6 Å². The SMILES string of the molecule is COC(=O)CC1c2ccccc2C(=O)N(CC(=O)N2CCN(c3ccccn3)CC2)c2ccccc21. The van der Waals surface area contributed by atoms with Gasteiger partial charge >= 0.3 is 5.97 Å². The van der Waals surface area contributed by atoms with Crippen molar-refractivity contribution < 1.29 is 19.1 Å². The van der Waals surface area contributed by atoms with Crippen molar-refractivity contribution in [3.8, 4) is 0 Å². The summed E-state index contributed by atoms with van der Waals surface area (Å²) in [4.78, 5) is 49.4. The summed E-state index contributed by atoms with van der Waals surface area (Å²) in [6, 6.07) is 20.6. The van der Waals surface area contributed by atoms with E-state index in [0.29, 0.717) is 37.4 Å². The van der Waals surface area contributed by atoms with Gasteiger partial charge in [0.2, 0.25) is 5.91 Å². The van der Waals surface area contributed by atoms with Crippen LogP contribution >= 0.6 is 0 Å². The number of pyridine rings is 1. The van der Waals surface area contributed by atoms with Crippen LogP contribution in [0.3, 0.4) is 0 Å². The van der Waals surface area contributed by atoms with Gasteiger partial charge in [0.25, 0.3) is 5.91 Å². The molecule has 2 amide bonds. The smallest absolute Gasteiger partial charge is 0.306 e. The van der Waals surface area contributed by atoms with Crippen LogP contribution in [-0.4, -0.2) is 67.5 Å². The number of piperazine rings is 1. The van der Waals surface area contributed by atoms with Crippen molar-refractivity contribution in [1.29, 1.82) is 0 Å². The Balaban J connectivity index is 1.41. The second-order valence-electron chi connectivity index (χ2n) is 8.93. The summed E-state index contributed by atoms with van der Waals surface area (Å²) in [5.74, 6) is -0.161. The number of anilines is 2.